The largest absolute Gasteiger partial charge is 0.484 e. The van der Waals surface area contributed by atoms with E-state index in [4.69, 9.17) is 10.5 Å². The maximum absolute atomic E-state index is 14.5. The third-order valence-electron chi connectivity index (χ3n) is 7.17. The van der Waals surface area contributed by atoms with Crippen molar-refractivity contribution in [2.24, 2.45) is 22.6 Å². The molecule has 1 saturated carbocycles. The number of carbonyl (C=O) groups excluding carboxylic acids is 2. The van der Waals surface area contributed by atoms with Crippen LogP contribution in [0.25, 0.3) is 0 Å². The van der Waals surface area contributed by atoms with Crippen LogP contribution in [-0.2, 0) is 9.59 Å². The maximum Gasteiger partial charge on any atom is 0.232 e. The molecule has 5 rings (SSSR count). The molecule has 190 valence electrons. The van der Waals surface area contributed by atoms with Gasteiger partial charge in [0.1, 0.15) is 5.60 Å². The summed E-state index contributed by atoms with van der Waals surface area (Å²) >= 11 is 0. The second-order valence-corrected chi connectivity index (χ2v) is 11.2. The molecule has 0 radical (unpaired) electrons. The molecule has 2 aliphatic heterocycles. The molecule has 3 N–H and O–H groups in total. The van der Waals surface area contributed by atoms with Gasteiger partial charge in [0.2, 0.25) is 11.8 Å². The Labute approximate surface area is 210 Å². The summed E-state index contributed by atoms with van der Waals surface area (Å²) in [5, 5.41) is 3.13. The Balaban J connectivity index is 1.40. The molecule has 0 saturated heterocycles. The van der Waals surface area contributed by atoms with Crippen LogP contribution < -0.4 is 15.8 Å². The van der Waals surface area contributed by atoms with Crippen molar-refractivity contribution in [1.82, 2.24) is 15.2 Å². The highest BCUT2D eigenvalue weighted by atomic mass is 19.1. The van der Waals surface area contributed by atoms with E-state index in [1.54, 1.807) is 30.6 Å². The summed E-state index contributed by atoms with van der Waals surface area (Å²) in [5.41, 5.74) is 6.54. The predicted molar refractivity (Wildman–Crippen MR) is 132 cm³/mol. The second-order valence-electron chi connectivity index (χ2n) is 11.2. The number of guanidine groups is 1. The van der Waals surface area contributed by atoms with Gasteiger partial charge in [-0.15, -0.1) is 0 Å². The van der Waals surface area contributed by atoms with Gasteiger partial charge in [0.05, 0.1) is 24.0 Å². The van der Waals surface area contributed by atoms with E-state index in [2.05, 4.69) is 15.3 Å². The SMILES string of the molecule is CC1(C)CC(=O)N([C@H](c2cccnc2)C2CC2C(=O)N[C@H]2CC(C)(C)Oc3c(F)cccc32)C(N)=N1. The molecule has 1 aliphatic carbocycles. The van der Waals surface area contributed by atoms with Crippen LogP contribution in [0.2, 0.25) is 0 Å². The van der Waals surface area contributed by atoms with E-state index >= 15 is 0 Å². The molecule has 2 aromatic rings. The monoisotopic (exact) mass is 493 g/mol. The molecule has 8 nitrogen and oxygen atoms in total. The first-order valence-electron chi connectivity index (χ1n) is 12.3. The average Bonchev–Trinajstić information content (AvgIpc) is 3.57. The number of carbonyl (C=O) groups is 2. The highest BCUT2D eigenvalue weighted by Gasteiger charge is 2.53. The highest BCUT2D eigenvalue weighted by Crippen LogP contribution is 2.51. The lowest BCUT2D eigenvalue weighted by Gasteiger charge is -2.38. The lowest BCUT2D eigenvalue weighted by molar-refractivity contribution is -0.132. The molecule has 1 aromatic heterocycles. The summed E-state index contributed by atoms with van der Waals surface area (Å²) < 4.78 is 20.4. The lowest BCUT2D eigenvalue weighted by atomic mass is 9.89. The fourth-order valence-corrected chi connectivity index (χ4v) is 5.52. The van der Waals surface area contributed by atoms with Crippen LogP contribution in [-0.4, -0.2) is 38.8 Å². The molecular formula is C27H32FN5O3. The van der Waals surface area contributed by atoms with Gasteiger partial charge in [0.25, 0.3) is 0 Å². The van der Waals surface area contributed by atoms with E-state index in [1.165, 1.54) is 11.0 Å². The van der Waals surface area contributed by atoms with Crippen molar-refractivity contribution in [2.75, 3.05) is 0 Å². The van der Waals surface area contributed by atoms with E-state index in [-0.39, 0.29) is 47.8 Å². The maximum atomic E-state index is 14.5. The standard InChI is InChI=1S/C27H32FN5O3/c1-26(2)13-21(34)33(25(29)32-26)22(15-7-6-10-30-14-15)17-11-18(17)24(35)31-20-12-27(3,4)36-23-16(20)8-5-9-19(23)28/h5-10,14,17-18,20,22H,11-13H2,1-4H3,(H2,29,32)(H,31,35)/t17?,18?,20-,22+/m0/s1. The smallest absolute Gasteiger partial charge is 0.232 e. The normalized spacial score (nSPS) is 26.8. The molecule has 3 aliphatic rings. The number of rotatable bonds is 5. The van der Waals surface area contributed by atoms with Crippen molar-refractivity contribution in [2.45, 2.75) is 70.2 Å². The van der Waals surface area contributed by atoms with Gasteiger partial charge in [0, 0.05) is 30.3 Å². The van der Waals surface area contributed by atoms with E-state index in [0.29, 0.717) is 18.4 Å². The third-order valence-corrected chi connectivity index (χ3v) is 7.17. The Bertz CT molecular complexity index is 1230. The molecule has 3 heterocycles. The van der Waals surface area contributed by atoms with Crippen LogP contribution in [0.3, 0.4) is 0 Å². The average molecular weight is 494 g/mol. The van der Waals surface area contributed by atoms with Gasteiger partial charge in [-0.3, -0.25) is 19.5 Å². The Kier molecular flexibility index (Phi) is 5.76. The number of fused-ring (bicyclic) bond motifs is 1. The Morgan fingerprint density at radius 2 is 2.03 bits per heavy atom. The number of aliphatic imine (C=N–C) groups is 1. The number of aromatic nitrogens is 1. The number of halogens is 1. The first-order valence-corrected chi connectivity index (χ1v) is 12.3. The predicted octanol–water partition coefficient (Wildman–Crippen LogP) is 3.64. The van der Waals surface area contributed by atoms with E-state index in [1.807, 2.05) is 33.8 Å². The van der Waals surface area contributed by atoms with Crippen LogP contribution >= 0.6 is 0 Å². The summed E-state index contributed by atoms with van der Waals surface area (Å²) in [6, 6.07) is 7.64. The minimum absolute atomic E-state index is 0.122. The Morgan fingerprint density at radius 1 is 1.25 bits per heavy atom. The van der Waals surface area contributed by atoms with Crippen LogP contribution in [0.1, 0.15) is 70.2 Å². The van der Waals surface area contributed by atoms with Crippen molar-refractivity contribution < 1.29 is 18.7 Å². The van der Waals surface area contributed by atoms with Gasteiger partial charge >= 0.3 is 0 Å². The Morgan fingerprint density at radius 3 is 2.72 bits per heavy atom. The molecule has 4 atom stereocenters. The zero-order valence-corrected chi connectivity index (χ0v) is 21.0. The first kappa shape index (κ1) is 24.2. The van der Waals surface area contributed by atoms with Crippen LogP contribution in [0.4, 0.5) is 4.39 Å². The number of nitrogens with two attached hydrogens (primary N) is 1. The minimum Gasteiger partial charge on any atom is -0.484 e. The number of nitrogens with zero attached hydrogens (tertiary/aromatic N) is 3. The molecule has 9 heteroatoms. The zero-order chi connectivity index (χ0) is 25.8. The number of hydrogen-bond donors (Lipinski definition) is 2. The van der Waals surface area contributed by atoms with Crippen molar-refractivity contribution in [3.63, 3.8) is 0 Å². The number of pyridine rings is 1. The van der Waals surface area contributed by atoms with E-state index < -0.39 is 23.0 Å². The van der Waals surface area contributed by atoms with Crippen molar-refractivity contribution in [3.05, 3.63) is 59.7 Å². The van der Waals surface area contributed by atoms with Crippen molar-refractivity contribution >= 4 is 17.8 Å². The molecule has 0 bridgehead atoms. The lowest BCUT2D eigenvalue weighted by Crippen LogP contribution is -2.52. The number of benzene rings is 1. The highest BCUT2D eigenvalue weighted by molar-refractivity contribution is 5.99. The number of nitrogens with one attached hydrogen (secondary N) is 1. The van der Waals surface area contributed by atoms with Gasteiger partial charge in [-0.2, -0.15) is 0 Å². The topological polar surface area (TPSA) is 110 Å². The summed E-state index contributed by atoms with van der Waals surface area (Å²) in [4.78, 5) is 37.0. The van der Waals surface area contributed by atoms with Crippen LogP contribution in [0.5, 0.6) is 5.75 Å². The van der Waals surface area contributed by atoms with Gasteiger partial charge in [0.15, 0.2) is 17.5 Å². The molecule has 2 amide bonds. The van der Waals surface area contributed by atoms with Gasteiger partial charge in [-0.1, -0.05) is 18.2 Å². The quantitative estimate of drug-likeness (QED) is 0.661. The van der Waals surface area contributed by atoms with Gasteiger partial charge < -0.3 is 15.8 Å². The fourth-order valence-electron chi connectivity index (χ4n) is 5.52. The summed E-state index contributed by atoms with van der Waals surface area (Å²) in [7, 11) is 0. The summed E-state index contributed by atoms with van der Waals surface area (Å²) in [6.45, 7) is 7.51. The Hall–Kier alpha value is -3.49. The summed E-state index contributed by atoms with van der Waals surface area (Å²) in [6.07, 6.45) is 4.71. The zero-order valence-electron chi connectivity index (χ0n) is 21.0. The molecule has 0 spiro atoms. The second kappa shape index (κ2) is 8.57. The molecule has 36 heavy (non-hydrogen) atoms. The number of amides is 2. The van der Waals surface area contributed by atoms with E-state index in [9.17, 15) is 14.0 Å². The fraction of sp³-hybridized carbons (Fsp3) is 0.481. The number of para-hydroxylation sites is 1. The summed E-state index contributed by atoms with van der Waals surface area (Å²) in [5.74, 6) is -0.824. The van der Waals surface area contributed by atoms with Crippen molar-refractivity contribution in [3.8, 4) is 5.75 Å². The molecular weight excluding hydrogens is 461 g/mol. The van der Waals surface area contributed by atoms with Crippen LogP contribution in [0.15, 0.2) is 47.7 Å². The van der Waals surface area contributed by atoms with Crippen LogP contribution in [0, 0.1) is 17.7 Å². The third kappa shape index (κ3) is 4.54. The minimum atomic E-state index is -0.633. The van der Waals surface area contributed by atoms with Gasteiger partial charge in [-0.05, 0) is 57.7 Å². The first-order chi connectivity index (χ1) is 17.0. The number of ether oxygens (including phenoxy) is 1. The molecule has 1 aromatic carbocycles. The molecule has 2 unspecified atom stereocenters. The van der Waals surface area contributed by atoms with Gasteiger partial charge in [-0.25, -0.2) is 9.38 Å². The van der Waals surface area contributed by atoms with E-state index in [0.717, 1.165) is 5.56 Å². The number of hydrogen-bond acceptors (Lipinski definition) is 6. The molecule has 1 fully saturated rings. The van der Waals surface area contributed by atoms with Crippen molar-refractivity contribution in [1.29, 1.82) is 0 Å².